The largest absolute Gasteiger partial charge is 0.377 e. The van der Waals surface area contributed by atoms with Crippen molar-refractivity contribution in [2.45, 2.75) is 64.5 Å². The quantitative estimate of drug-likeness (QED) is 0.775. The van der Waals surface area contributed by atoms with Crippen LogP contribution in [0.25, 0.3) is 0 Å². The highest BCUT2D eigenvalue weighted by Crippen LogP contribution is 2.36. The van der Waals surface area contributed by atoms with E-state index in [1.807, 2.05) is 0 Å². The first-order valence-corrected chi connectivity index (χ1v) is 6.51. The fourth-order valence-electron chi connectivity index (χ4n) is 2.69. The van der Waals surface area contributed by atoms with Gasteiger partial charge in [-0.25, -0.2) is 0 Å². The molecule has 1 N–H and O–H groups in total. The summed E-state index contributed by atoms with van der Waals surface area (Å²) < 4.78 is 6.00. The molecule has 0 unspecified atom stereocenters. The van der Waals surface area contributed by atoms with E-state index >= 15 is 0 Å². The highest BCUT2D eigenvalue weighted by molar-refractivity contribution is 4.80. The normalized spacial score (nSPS) is 32.0. The molecule has 0 amide bonds. The maximum Gasteiger partial charge on any atom is 0.0623 e. The molecule has 1 heterocycles. The second-order valence-electron chi connectivity index (χ2n) is 5.99. The summed E-state index contributed by atoms with van der Waals surface area (Å²) in [6.07, 6.45) is 8.36. The van der Waals surface area contributed by atoms with Crippen LogP contribution in [0.4, 0.5) is 0 Å². The first kappa shape index (κ1) is 11.4. The van der Waals surface area contributed by atoms with Crippen molar-refractivity contribution >= 4 is 0 Å². The molecule has 1 atom stereocenters. The van der Waals surface area contributed by atoms with Crippen molar-refractivity contribution in [1.82, 2.24) is 5.32 Å². The molecule has 1 aliphatic heterocycles. The molecular weight excluding hydrogens is 186 g/mol. The Kier molecular flexibility index (Phi) is 3.68. The lowest BCUT2D eigenvalue weighted by Gasteiger charge is -2.34. The van der Waals surface area contributed by atoms with Gasteiger partial charge in [-0.1, -0.05) is 13.8 Å². The van der Waals surface area contributed by atoms with E-state index in [0.29, 0.717) is 17.6 Å². The van der Waals surface area contributed by atoms with Crippen LogP contribution in [0, 0.1) is 5.41 Å². The van der Waals surface area contributed by atoms with Gasteiger partial charge in [0.25, 0.3) is 0 Å². The van der Waals surface area contributed by atoms with Gasteiger partial charge in [0.2, 0.25) is 0 Å². The summed E-state index contributed by atoms with van der Waals surface area (Å²) in [7, 11) is 0. The molecule has 2 fully saturated rings. The average Bonchev–Trinajstić information content (AvgIpc) is 2.69. The first-order chi connectivity index (χ1) is 7.16. The van der Waals surface area contributed by atoms with Crippen molar-refractivity contribution in [3.05, 3.63) is 0 Å². The van der Waals surface area contributed by atoms with Crippen LogP contribution in [0.5, 0.6) is 0 Å². The summed E-state index contributed by atoms with van der Waals surface area (Å²) in [4.78, 5) is 0. The van der Waals surface area contributed by atoms with Crippen molar-refractivity contribution < 1.29 is 4.74 Å². The van der Waals surface area contributed by atoms with Gasteiger partial charge in [-0.2, -0.15) is 0 Å². The summed E-state index contributed by atoms with van der Waals surface area (Å²) >= 11 is 0. The Balaban J connectivity index is 1.64. The minimum atomic E-state index is 0.542. The summed E-state index contributed by atoms with van der Waals surface area (Å²) in [6, 6.07) is 0.639. The van der Waals surface area contributed by atoms with Crippen molar-refractivity contribution in [3.63, 3.8) is 0 Å². The third-order valence-electron chi connectivity index (χ3n) is 3.98. The zero-order valence-corrected chi connectivity index (χ0v) is 10.2. The molecule has 1 saturated carbocycles. The highest BCUT2D eigenvalue weighted by Gasteiger charge is 2.27. The van der Waals surface area contributed by atoms with E-state index in [-0.39, 0.29) is 0 Å². The topological polar surface area (TPSA) is 21.3 Å². The van der Waals surface area contributed by atoms with Gasteiger partial charge in [0, 0.05) is 6.04 Å². The monoisotopic (exact) mass is 211 g/mol. The van der Waals surface area contributed by atoms with Crippen LogP contribution in [-0.2, 0) is 4.74 Å². The maximum absolute atomic E-state index is 6.00. The van der Waals surface area contributed by atoms with E-state index < -0.39 is 0 Å². The number of rotatable bonds is 3. The lowest BCUT2D eigenvalue weighted by molar-refractivity contribution is -0.00352. The summed E-state index contributed by atoms with van der Waals surface area (Å²) in [5, 5.41) is 3.49. The van der Waals surface area contributed by atoms with Crippen LogP contribution in [0.2, 0.25) is 0 Å². The van der Waals surface area contributed by atoms with Crippen LogP contribution < -0.4 is 5.32 Å². The van der Waals surface area contributed by atoms with E-state index in [2.05, 4.69) is 19.2 Å². The average molecular weight is 211 g/mol. The molecule has 2 aliphatic rings. The minimum absolute atomic E-state index is 0.542. The van der Waals surface area contributed by atoms with E-state index in [1.54, 1.807) is 0 Å². The molecule has 2 nitrogen and oxygen atoms in total. The highest BCUT2D eigenvalue weighted by atomic mass is 16.5. The zero-order valence-electron chi connectivity index (χ0n) is 10.2. The Morgan fingerprint density at radius 1 is 1.20 bits per heavy atom. The number of ether oxygens (including phenoxy) is 1. The number of hydrogen-bond donors (Lipinski definition) is 1. The van der Waals surface area contributed by atoms with Gasteiger partial charge in [0.15, 0.2) is 0 Å². The molecule has 15 heavy (non-hydrogen) atoms. The fraction of sp³-hybridized carbons (Fsp3) is 1.00. The summed E-state index contributed by atoms with van der Waals surface area (Å²) in [5.74, 6) is 0. The maximum atomic E-state index is 6.00. The standard InChI is InChI=1S/C13H25NO/c1-13(2)7-5-12(6-8-13)15-10-11-4-3-9-14-11/h11-12,14H,3-10H2,1-2H3/t11-/m0/s1. The summed E-state index contributed by atoms with van der Waals surface area (Å²) in [6.45, 7) is 6.88. The second-order valence-corrected chi connectivity index (χ2v) is 5.99. The lowest BCUT2D eigenvalue weighted by atomic mass is 9.76. The predicted molar refractivity (Wildman–Crippen MR) is 63.0 cm³/mol. The van der Waals surface area contributed by atoms with Gasteiger partial charge in [0.1, 0.15) is 0 Å². The second kappa shape index (κ2) is 4.84. The Labute approximate surface area is 93.8 Å². The van der Waals surface area contributed by atoms with Crippen LogP contribution >= 0.6 is 0 Å². The molecule has 0 spiro atoms. The molecular formula is C13H25NO. The lowest BCUT2D eigenvalue weighted by Crippen LogP contribution is -2.32. The Hall–Kier alpha value is -0.0800. The molecule has 0 bridgehead atoms. The Morgan fingerprint density at radius 3 is 2.53 bits per heavy atom. The van der Waals surface area contributed by atoms with Gasteiger partial charge in [-0.3, -0.25) is 0 Å². The molecule has 0 radical (unpaired) electrons. The van der Waals surface area contributed by atoms with E-state index in [9.17, 15) is 0 Å². The molecule has 2 heteroatoms. The zero-order chi connectivity index (χ0) is 10.7. The smallest absolute Gasteiger partial charge is 0.0623 e. The van der Waals surface area contributed by atoms with E-state index in [4.69, 9.17) is 4.74 Å². The number of hydrogen-bond acceptors (Lipinski definition) is 2. The summed E-state index contributed by atoms with van der Waals surface area (Å²) in [5.41, 5.74) is 0.561. The van der Waals surface area contributed by atoms with Gasteiger partial charge in [-0.15, -0.1) is 0 Å². The molecule has 0 aromatic carbocycles. The van der Waals surface area contributed by atoms with Gasteiger partial charge >= 0.3 is 0 Å². The van der Waals surface area contributed by atoms with E-state index in [1.165, 1.54) is 45.1 Å². The molecule has 0 aromatic rings. The fourth-order valence-corrected chi connectivity index (χ4v) is 2.69. The molecule has 88 valence electrons. The Bertz CT molecular complexity index is 187. The van der Waals surface area contributed by atoms with Crippen LogP contribution in [-0.4, -0.2) is 25.3 Å². The van der Waals surface area contributed by atoms with Crippen LogP contribution in [0.15, 0.2) is 0 Å². The Morgan fingerprint density at radius 2 is 1.93 bits per heavy atom. The molecule has 1 saturated heterocycles. The third-order valence-corrected chi connectivity index (χ3v) is 3.98. The number of nitrogens with one attached hydrogen (secondary N) is 1. The van der Waals surface area contributed by atoms with E-state index in [0.717, 1.165) is 6.61 Å². The van der Waals surface area contributed by atoms with Crippen molar-refractivity contribution in [2.24, 2.45) is 5.41 Å². The van der Waals surface area contributed by atoms with Gasteiger partial charge < -0.3 is 10.1 Å². The van der Waals surface area contributed by atoms with Crippen molar-refractivity contribution in [3.8, 4) is 0 Å². The van der Waals surface area contributed by atoms with Gasteiger partial charge in [0.05, 0.1) is 12.7 Å². The first-order valence-electron chi connectivity index (χ1n) is 6.51. The molecule has 2 rings (SSSR count). The van der Waals surface area contributed by atoms with Crippen molar-refractivity contribution in [1.29, 1.82) is 0 Å². The molecule has 0 aromatic heterocycles. The molecule has 1 aliphatic carbocycles. The minimum Gasteiger partial charge on any atom is -0.377 e. The van der Waals surface area contributed by atoms with Crippen LogP contribution in [0.1, 0.15) is 52.4 Å². The third kappa shape index (κ3) is 3.46. The predicted octanol–water partition coefficient (Wildman–Crippen LogP) is 2.72. The SMILES string of the molecule is CC1(C)CCC(OC[C@@H]2CCCN2)CC1. The van der Waals surface area contributed by atoms with Crippen LogP contribution in [0.3, 0.4) is 0 Å². The van der Waals surface area contributed by atoms with Gasteiger partial charge in [-0.05, 0) is 50.5 Å². The van der Waals surface area contributed by atoms with Crippen molar-refractivity contribution in [2.75, 3.05) is 13.2 Å².